The van der Waals surface area contributed by atoms with Gasteiger partial charge in [0.1, 0.15) is 18.3 Å². The first-order valence-corrected chi connectivity index (χ1v) is 7.97. The lowest BCUT2D eigenvalue weighted by molar-refractivity contribution is -0.129. The minimum absolute atomic E-state index is 0. The predicted molar refractivity (Wildman–Crippen MR) is 95.1 cm³/mol. The van der Waals surface area contributed by atoms with Crippen molar-refractivity contribution < 1.29 is 19.4 Å². The minimum atomic E-state index is -1.32. The summed E-state index contributed by atoms with van der Waals surface area (Å²) < 4.78 is 10.6. The number of carbonyl (C=O) groups is 1. The van der Waals surface area contributed by atoms with E-state index in [0.29, 0.717) is 28.8 Å². The van der Waals surface area contributed by atoms with Crippen molar-refractivity contribution in [1.82, 2.24) is 10.6 Å². The van der Waals surface area contributed by atoms with E-state index in [1.54, 1.807) is 18.2 Å². The number of aliphatic hydroxyl groups is 1. The van der Waals surface area contributed by atoms with Crippen LogP contribution in [0.2, 0.25) is 10.0 Å². The van der Waals surface area contributed by atoms with Crippen LogP contribution in [-0.2, 0) is 14.3 Å². The molecular formula is C15H21Cl3N2O4. The summed E-state index contributed by atoms with van der Waals surface area (Å²) in [6.07, 6.45) is -0.643. The molecule has 1 amide bonds. The molecule has 0 saturated carbocycles. The maximum absolute atomic E-state index is 11.6. The van der Waals surface area contributed by atoms with Crippen molar-refractivity contribution in [3.63, 3.8) is 0 Å². The van der Waals surface area contributed by atoms with Crippen molar-refractivity contribution >= 4 is 41.5 Å². The van der Waals surface area contributed by atoms with Gasteiger partial charge in [0.25, 0.3) is 0 Å². The van der Waals surface area contributed by atoms with Crippen molar-refractivity contribution in [3.05, 3.63) is 33.8 Å². The van der Waals surface area contributed by atoms with Gasteiger partial charge in [-0.2, -0.15) is 0 Å². The van der Waals surface area contributed by atoms with E-state index in [9.17, 15) is 9.90 Å². The number of amides is 1. The van der Waals surface area contributed by atoms with E-state index in [4.69, 9.17) is 32.7 Å². The Kier molecular flexibility index (Phi) is 8.73. The smallest absolute Gasteiger partial charge is 0.246 e. The lowest BCUT2D eigenvalue weighted by atomic mass is 9.90. The molecule has 2 rings (SSSR count). The molecule has 0 aliphatic carbocycles. The average molecular weight is 400 g/mol. The Bertz CT molecular complexity index is 562. The number of carbonyl (C=O) groups excluding carboxylic acids is 1. The van der Waals surface area contributed by atoms with Crippen LogP contribution in [0.5, 0.6) is 0 Å². The van der Waals surface area contributed by atoms with Crippen LogP contribution < -0.4 is 10.6 Å². The third-order valence-corrected chi connectivity index (χ3v) is 4.34. The number of hydrogen-bond donors (Lipinski definition) is 3. The summed E-state index contributed by atoms with van der Waals surface area (Å²) in [7, 11) is 1.43. The number of methoxy groups -OCH3 is 1. The number of β-amino-alcohol motifs (C(OH)–C–C–N with tert-alkyl or cyclic N) is 1. The first kappa shape index (κ1) is 21.4. The highest BCUT2D eigenvalue weighted by Crippen LogP contribution is 2.34. The Labute approximate surface area is 157 Å². The highest BCUT2D eigenvalue weighted by molar-refractivity contribution is 6.42. The number of nitrogens with one attached hydrogen (secondary N) is 2. The molecule has 1 aromatic carbocycles. The van der Waals surface area contributed by atoms with E-state index in [1.165, 1.54) is 7.11 Å². The van der Waals surface area contributed by atoms with Crippen LogP contribution in [0.4, 0.5) is 0 Å². The van der Waals surface area contributed by atoms with Crippen molar-refractivity contribution in [3.8, 4) is 0 Å². The quantitative estimate of drug-likeness (QED) is 0.700. The topological polar surface area (TPSA) is 79.8 Å². The van der Waals surface area contributed by atoms with Crippen LogP contribution >= 0.6 is 35.6 Å². The molecule has 136 valence electrons. The molecule has 1 saturated heterocycles. The number of halogens is 3. The fraction of sp³-hybridized carbons (Fsp3) is 0.533. The van der Waals surface area contributed by atoms with E-state index in [-0.39, 0.29) is 38.0 Å². The van der Waals surface area contributed by atoms with Crippen molar-refractivity contribution in [2.45, 2.75) is 11.7 Å². The molecule has 2 atom stereocenters. The minimum Gasteiger partial charge on any atom is -0.384 e. The van der Waals surface area contributed by atoms with Gasteiger partial charge in [-0.1, -0.05) is 29.3 Å². The summed E-state index contributed by atoms with van der Waals surface area (Å²) in [5, 5.41) is 17.6. The maximum Gasteiger partial charge on any atom is 0.246 e. The van der Waals surface area contributed by atoms with Gasteiger partial charge in [-0.05, 0) is 17.7 Å². The molecular weight excluding hydrogens is 379 g/mol. The van der Waals surface area contributed by atoms with Gasteiger partial charge in [0.05, 0.1) is 23.2 Å². The van der Waals surface area contributed by atoms with Crippen LogP contribution in [0.1, 0.15) is 11.7 Å². The second kappa shape index (κ2) is 9.77. The van der Waals surface area contributed by atoms with Gasteiger partial charge < -0.3 is 25.2 Å². The van der Waals surface area contributed by atoms with Gasteiger partial charge in [-0.25, -0.2) is 0 Å². The van der Waals surface area contributed by atoms with Crippen LogP contribution in [0.15, 0.2) is 18.2 Å². The molecule has 1 aliphatic rings. The molecule has 1 heterocycles. The molecule has 0 radical (unpaired) electrons. The van der Waals surface area contributed by atoms with Crippen LogP contribution in [0, 0.1) is 0 Å². The monoisotopic (exact) mass is 398 g/mol. The van der Waals surface area contributed by atoms with Crippen molar-refractivity contribution in [1.29, 1.82) is 0 Å². The molecule has 2 unspecified atom stereocenters. The first-order valence-electron chi connectivity index (χ1n) is 7.21. The fourth-order valence-corrected chi connectivity index (χ4v) is 2.78. The molecule has 1 aliphatic heterocycles. The largest absolute Gasteiger partial charge is 0.384 e. The first-order chi connectivity index (χ1) is 11.0. The normalized spacial score (nSPS) is 23.9. The molecule has 24 heavy (non-hydrogen) atoms. The van der Waals surface area contributed by atoms with Crippen LogP contribution in [-0.4, -0.2) is 56.6 Å². The molecule has 9 heteroatoms. The molecule has 0 bridgehead atoms. The van der Waals surface area contributed by atoms with E-state index in [0.717, 1.165) is 0 Å². The fourth-order valence-electron chi connectivity index (χ4n) is 2.47. The SMILES string of the molecule is COCC(=O)NCC1(O)CNCCOC1c1ccc(Cl)c(Cl)c1.Cl. The zero-order valence-electron chi connectivity index (χ0n) is 13.2. The Morgan fingerprint density at radius 2 is 2.25 bits per heavy atom. The summed E-state index contributed by atoms with van der Waals surface area (Å²) in [6, 6.07) is 5.08. The zero-order chi connectivity index (χ0) is 16.9. The molecule has 6 nitrogen and oxygen atoms in total. The number of benzene rings is 1. The van der Waals surface area contributed by atoms with Crippen LogP contribution in [0.3, 0.4) is 0 Å². The lowest BCUT2D eigenvalue weighted by Crippen LogP contribution is -2.53. The number of hydrogen-bond acceptors (Lipinski definition) is 5. The summed E-state index contributed by atoms with van der Waals surface area (Å²) >= 11 is 12.0. The standard InChI is InChI=1S/C15H20Cl2N2O4.ClH/c1-22-7-13(20)19-9-15(21)8-18-4-5-23-14(15)10-2-3-11(16)12(17)6-10;/h2-3,6,14,18,21H,4-5,7-9H2,1H3,(H,19,20);1H. The van der Waals surface area contributed by atoms with E-state index < -0.39 is 11.7 Å². The summed E-state index contributed by atoms with van der Waals surface area (Å²) in [5.74, 6) is -0.307. The lowest BCUT2D eigenvalue weighted by Gasteiger charge is -2.34. The Morgan fingerprint density at radius 3 is 2.92 bits per heavy atom. The molecule has 3 N–H and O–H groups in total. The predicted octanol–water partition coefficient (Wildman–Crippen LogP) is 1.57. The van der Waals surface area contributed by atoms with Gasteiger partial charge in [0.15, 0.2) is 0 Å². The molecule has 1 fully saturated rings. The summed E-state index contributed by atoms with van der Waals surface area (Å²) in [5.41, 5.74) is -0.622. The van der Waals surface area contributed by atoms with Crippen molar-refractivity contribution in [2.75, 3.05) is 40.0 Å². The van der Waals surface area contributed by atoms with Gasteiger partial charge in [0, 0.05) is 20.2 Å². The molecule has 0 aromatic heterocycles. The molecule has 0 spiro atoms. The number of rotatable bonds is 5. The maximum atomic E-state index is 11.6. The molecule has 1 aromatic rings. The Hall–Kier alpha value is -0.600. The van der Waals surface area contributed by atoms with Gasteiger partial charge in [-0.3, -0.25) is 4.79 Å². The summed E-state index contributed by atoms with van der Waals surface area (Å²) in [6.45, 7) is 1.26. The Balaban J connectivity index is 0.00000288. The number of ether oxygens (including phenoxy) is 2. The Morgan fingerprint density at radius 1 is 1.50 bits per heavy atom. The van der Waals surface area contributed by atoms with Crippen LogP contribution in [0.25, 0.3) is 0 Å². The van der Waals surface area contributed by atoms with E-state index >= 15 is 0 Å². The van der Waals surface area contributed by atoms with Gasteiger partial charge in [0.2, 0.25) is 5.91 Å². The van der Waals surface area contributed by atoms with Crippen molar-refractivity contribution in [2.24, 2.45) is 0 Å². The zero-order valence-corrected chi connectivity index (χ0v) is 15.5. The average Bonchev–Trinajstić information content (AvgIpc) is 2.71. The van der Waals surface area contributed by atoms with Gasteiger partial charge >= 0.3 is 0 Å². The summed E-state index contributed by atoms with van der Waals surface area (Å²) in [4.78, 5) is 11.6. The highest BCUT2D eigenvalue weighted by atomic mass is 35.5. The van der Waals surface area contributed by atoms with Gasteiger partial charge in [-0.15, -0.1) is 12.4 Å². The highest BCUT2D eigenvalue weighted by Gasteiger charge is 2.40. The third kappa shape index (κ3) is 5.46. The second-order valence-corrected chi connectivity index (χ2v) is 6.23. The second-order valence-electron chi connectivity index (χ2n) is 5.41. The third-order valence-electron chi connectivity index (χ3n) is 3.60. The van der Waals surface area contributed by atoms with E-state index in [2.05, 4.69) is 10.6 Å². The van der Waals surface area contributed by atoms with E-state index in [1.807, 2.05) is 0 Å².